The highest BCUT2D eigenvalue weighted by molar-refractivity contribution is 5.96. The highest BCUT2D eigenvalue weighted by Gasteiger charge is 2.17. The summed E-state index contributed by atoms with van der Waals surface area (Å²) in [7, 11) is 1.57. The Kier molecular flexibility index (Phi) is 6.44. The summed E-state index contributed by atoms with van der Waals surface area (Å²) in [6.45, 7) is 2.51. The summed E-state index contributed by atoms with van der Waals surface area (Å²) in [5.74, 6) is -1.51. The molecule has 1 aromatic carbocycles. The Morgan fingerprint density at radius 3 is 2.52 bits per heavy atom. The van der Waals surface area contributed by atoms with Crippen molar-refractivity contribution < 1.29 is 19.7 Å². The average molecular weight is 347 g/mol. The number of fused-ring (bicyclic) bond motifs is 1. The largest absolute Gasteiger partial charge is 0.504 e. The molecule has 0 bridgehead atoms. The molecule has 2 rings (SSSR count). The number of aryl methyl sites for hydroxylation is 1. The number of nitrogens with zero attached hydrogens (tertiary/aromatic N) is 1. The second kappa shape index (κ2) is 8.55. The van der Waals surface area contributed by atoms with Crippen molar-refractivity contribution in [3.8, 4) is 11.5 Å². The number of hydrogen-bond acceptors (Lipinski definition) is 4. The Balaban J connectivity index is 2.19. The second-order valence-corrected chi connectivity index (χ2v) is 6.20. The molecular formula is C19H25NO5. The molecule has 0 amide bonds. The van der Waals surface area contributed by atoms with E-state index in [2.05, 4.69) is 6.92 Å². The van der Waals surface area contributed by atoms with Crippen LogP contribution in [-0.4, -0.2) is 27.4 Å². The number of aromatic carboxylic acids is 1. The van der Waals surface area contributed by atoms with Gasteiger partial charge in [-0.05, 0) is 24.6 Å². The van der Waals surface area contributed by atoms with Crippen LogP contribution < -0.4 is 10.3 Å². The lowest BCUT2D eigenvalue weighted by atomic mass is 10.1. The van der Waals surface area contributed by atoms with Gasteiger partial charge >= 0.3 is 5.97 Å². The zero-order chi connectivity index (χ0) is 18.4. The molecule has 2 N–H and O–H groups in total. The molecule has 0 saturated carbocycles. The highest BCUT2D eigenvalue weighted by Crippen LogP contribution is 2.31. The third kappa shape index (κ3) is 4.32. The third-order valence-corrected chi connectivity index (χ3v) is 4.32. The van der Waals surface area contributed by atoms with Gasteiger partial charge in [0.1, 0.15) is 0 Å². The van der Waals surface area contributed by atoms with Gasteiger partial charge in [0, 0.05) is 12.4 Å². The quantitative estimate of drug-likeness (QED) is 0.676. The van der Waals surface area contributed by atoms with Crippen LogP contribution in [0.4, 0.5) is 0 Å². The zero-order valence-electron chi connectivity index (χ0n) is 14.7. The number of aromatic hydroxyl groups is 1. The van der Waals surface area contributed by atoms with Gasteiger partial charge in [-0.1, -0.05) is 39.0 Å². The molecule has 0 aliphatic rings. The monoisotopic (exact) mass is 347 g/mol. The lowest BCUT2D eigenvalue weighted by molar-refractivity contribution is 0.0697. The van der Waals surface area contributed by atoms with Gasteiger partial charge in [0.25, 0.3) is 5.56 Å². The van der Waals surface area contributed by atoms with Gasteiger partial charge in [0.2, 0.25) is 5.75 Å². The van der Waals surface area contributed by atoms with Crippen molar-refractivity contribution in [3.63, 3.8) is 0 Å². The average Bonchev–Trinajstić information content (AvgIpc) is 2.61. The fraction of sp³-hybridized carbons (Fsp3) is 0.474. The van der Waals surface area contributed by atoms with Crippen LogP contribution in [-0.2, 0) is 7.05 Å². The Bertz CT molecular complexity index is 810. The maximum absolute atomic E-state index is 12.4. The van der Waals surface area contributed by atoms with E-state index in [-0.39, 0.29) is 17.1 Å². The van der Waals surface area contributed by atoms with Gasteiger partial charge in [0.15, 0.2) is 5.75 Å². The molecule has 0 fully saturated rings. The van der Waals surface area contributed by atoms with E-state index in [4.69, 9.17) is 9.84 Å². The smallest absolute Gasteiger partial charge is 0.335 e. The summed E-state index contributed by atoms with van der Waals surface area (Å²) in [5, 5.41) is 19.8. The van der Waals surface area contributed by atoms with Crippen molar-refractivity contribution in [3.05, 3.63) is 34.1 Å². The van der Waals surface area contributed by atoms with Crippen molar-refractivity contribution in [1.82, 2.24) is 4.57 Å². The molecule has 1 heterocycles. The minimum Gasteiger partial charge on any atom is -0.504 e. The van der Waals surface area contributed by atoms with Gasteiger partial charge < -0.3 is 19.5 Å². The molecule has 2 aromatic rings. The summed E-state index contributed by atoms with van der Waals surface area (Å²) in [5.41, 5.74) is 0.0711. The molecule has 0 unspecified atom stereocenters. The number of rotatable bonds is 9. The van der Waals surface area contributed by atoms with Gasteiger partial charge in [-0.25, -0.2) is 4.79 Å². The molecular weight excluding hydrogens is 322 g/mol. The summed E-state index contributed by atoms with van der Waals surface area (Å²) in [4.78, 5) is 23.5. The normalized spacial score (nSPS) is 11.0. The second-order valence-electron chi connectivity index (χ2n) is 6.20. The molecule has 25 heavy (non-hydrogen) atoms. The summed E-state index contributed by atoms with van der Waals surface area (Å²) < 4.78 is 6.89. The Morgan fingerprint density at radius 2 is 1.84 bits per heavy atom. The van der Waals surface area contributed by atoms with E-state index in [0.29, 0.717) is 17.5 Å². The number of aromatic nitrogens is 1. The Morgan fingerprint density at radius 1 is 1.16 bits per heavy atom. The van der Waals surface area contributed by atoms with Crippen LogP contribution in [0.2, 0.25) is 0 Å². The van der Waals surface area contributed by atoms with Crippen molar-refractivity contribution in [2.45, 2.75) is 45.4 Å². The maximum atomic E-state index is 12.4. The number of ether oxygens (including phenoxy) is 1. The van der Waals surface area contributed by atoms with E-state index in [0.717, 1.165) is 19.3 Å². The van der Waals surface area contributed by atoms with Crippen LogP contribution in [0.1, 0.15) is 55.8 Å². The van der Waals surface area contributed by atoms with Gasteiger partial charge in [-0.15, -0.1) is 0 Å². The van der Waals surface area contributed by atoms with Crippen molar-refractivity contribution >= 4 is 16.9 Å². The van der Waals surface area contributed by atoms with Crippen LogP contribution in [0, 0.1) is 0 Å². The Labute approximate surface area is 146 Å². The van der Waals surface area contributed by atoms with E-state index >= 15 is 0 Å². The van der Waals surface area contributed by atoms with Crippen LogP contribution in [0.3, 0.4) is 0 Å². The van der Waals surface area contributed by atoms with E-state index in [1.807, 2.05) is 0 Å². The number of carbonyl (C=O) groups is 1. The van der Waals surface area contributed by atoms with E-state index in [9.17, 15) is 14.7 Å². The molecule has 6 heteroatoms. The molecule has 0 spiro atoms. The maximum Gasteiger partial charge on any atom is 0.335 e. The van der Waals surface area contributed by atoms with E-state index < -0.39 is 11.5 Å². The summed E-state index contributed by atoms with van der Waals surface area (Å²) in [6.07, 6.45) is 6.55. The minimum absolute atomic E-state index is 0.0447. The number of benzene rings is 1. The molecule has 1 aromatic heterocycles. The lowest BCUT2D eigenvalue weighted by Gasteiger charge is -2.13. The fourth-order valence-corrected chi connectivity index (χ4v) is 2.82. The first kappa shape index (κ1) is 18.8. The SMILES string of the molecule is CCCCCCCCOc1c(O)c2cc(C(=O)O)ccc2n(C)c1=O. The number of pyridine rings is 1. The molecule has 0 aliphatic carbocycles. The molecule has 136 valence electrons. The molecule has 0 atom stereocenters. The molecule has 6 nitrogen and oxygen atoms in total. The van der Waals surface area contributed by atoms with Crippen molar-refractivity contribution in [1.29, 1.82) is 0 Å². The predicted octanol–water partition coefficient (Wildman–Crippen LogP) is 3.68. The van der Waals surface area contributed by atoms with Crippen LogP contribution >= 0.6 is 0 Å². The van der Waals surface area contributed by atoms with E-state index in [1.165, 1.54) is 42.0 Å². The van der Waals surface area contributed by atoms with Crippen LogP contribution in [0.15, 0.2) is 23.0 Å². The summed E-state index contributed by atoms with van der Waals surface area (Å²) >= 11 is 0. The predicted molar refractivity (Wildman–Crippen MR) is 96.7 cm³/mol. The van der Waals surface area contributed by atoms with Crippen molar-refractivity contribution in [2.75, 3.05) is 6.61 Å². The number of hydrogen-bond donors (Lipinski definition) is 2. The van der Waals surface area contributed by atoms with Gasteiger partial charge in [-0.2, -0.15) is 0 Å². The first-order valence-corrected chi connectivity index (χ1v) is 8.69. The number of carboxylic acid groups (broad SMARTS) is 1. The number of unbranched alkanes of at least 4 members (excludes halogenated alkanes) is 5. The Hall–Kier alpha value is -2.50. The first-order chi connectivity index (χ1) is 12.0. The van der Waals surface area contributed by atoms with E-state index in [1.54, 1.807) is 7.05 Å². The van der Waals surface area contributed by atoms with Gasteiger partial charge in [-0.3, -0.25) is 4.79 Å². The highest BCUT2D eigenvalue weighted by atomic mass is 16.5. The van der Waals surface area contributed by atoms with Crippen LogP contribution in [0.25, 0.3) is 10.9 Å². The minimum atomic E-state index is -1.09. The first-order valence-electron chi connectivity index (χ1n) is 8.69. The molecule has 0 radical (unpaired) electrons. The zero-order valence-corrected chi connectivity index (χ0v) is 14.7. The fourth-order valence-electron chi connectivity index (χ4n) is 2.82. The molecule has 0 aliphatic heterocycles. The lowest BCUT2D eigenvalue weighted by Crippen LogP contribution is -2.20. The van der Waals surface area contributed by atoms with Gasteiger partial charge in [0.05, 0.1) is 17.7 Å². The molecule has 0 saturated heterocycles. The number of carboxylic acids is 1. The standard InChI is InChI=1S/C19H25NO5/c1-3-4-5-6-7-8-11-25-17-16(21)14-12-13(19(23)24)9-10-15(14)20(2)18(17)22/h9-10,12,21H,3-8,11H2,1-2H3,(H,23,24). The van der Waals surface area contributed by atoms with Crippen molar-refractivity contribution in [2.24, 2.45) is 7.05 Å². The topological polar surface area (TPSA) is 88.8 Å². The summed E-state index contributed by atoms with van der Waals surface area (Å²) in [6, 6.07) is 4.27. The van der Waals surface area contributed by atoms with Crippen LogP contribution in [0.5, 0.6) is 11.5 Å². The third-order valence-electron chi connectivity index (χ3n) is 4.32.